The maximum absolute atomic E-state index is 11.5. The number of benzene rings is 1. The fourth-order valence-corrected chi connectivity index (χ4v) is 2.36. The summed E-state index contributed by atoms with van der Waals surface area (Å²) in [6, 6.07) is 8.89. The molecule has 0 saturated heterocycles. The van der Waals surface area contributed by atoms with E-state index < -0.39 is 0 Å². The molecule has 5 heteroatoms. The van der Waals surface area contributed by atoms with Crippen LogP contribution in [-0.2, 0) is 11.2 Å². The molecule has 0 aromatic heterocycles. The van der Waals surface area contributed by atoms with Crippen molar-refractivity contribution in [3.63, 3.8) is 0 Å². The molecule has 25 heavy (non-hydrogen) atoms. The normalized spacial score (nSPS) is 11.7. The second-order valence-electron chi connectivity index (χ2n) is 6.87. The highest BCUT2D eigenvalue weighted by Gasteiger charge is 2.05. The molecule has 0 aliphatic carbocycles. The number of carbonyl (C=O) groups is 1. The number of hydrogen-bond acceptors (Lipinski definition) is 2. The van der Waals surface area contributed by atoms with Crippen molar-refractivity contribution in [1.29, 1.82) is 0 Å². The molecule has 0 spiro atoms. The van der Waals surface area contributed by atoms with Gasteiger partial charge in [-0.2, -0.15) is 0 Å². The van der Waals surface area contributed by atoms with Crippen molar-refractivity contribution in [2.45, 2.75) is 46.5 Å². The molecular formula is C20H34N4O. The highest BCUT2D eigenvalue weighted by atomic mass is 16.1. The number of amides is 1. The predicted molar refractivity (Wildman–Crippen MR) is 106 cm³/mol. The maximum Gasteiger partial charge on any atom is 0.222 e. The van der Waals surface area contributed by atoms with Crippen LogP contribution in [0.3, 0.4) is 0 Å². The van der Waals surface area contributed by atoms with E-state index in [4.69, 9.17) is 0 Å². The Bertz CT molecular complexity index is 535. The van der Waals surface area contributed by atoms with E-state index in [1.807, 2.05) is 13.8 Å². The second-order valence-corrected chi connectivity index (χ2v) is 6.87. The molecule has 0 fully saturated rings. The summed E-state index contributed by atoms with van der Waals surface area (Å²) in [5.41, 5.74) is 2.75. The first kappa shape index (κ1) is 21.0. The lowest BCUT2D eigenvalue weighted by atomic mass is 10.0. The quantitative estimate of drug-likeness (QED) is 0.366. The van der Waals surface area contributed by atoms with Gasteiger partial charge in [0, 0.05) is 32.6 Å². The van der Waals surface area contributed by atoms with E-state index in [2.05, 4.69) is 59.1 Å². The summed E-state index contributed by atoms with van der Waals surface area (Å²) in [5, 5.41) is 9.39. The third-order valence-electron chi connectivity index (χ3n) is 4.05. The zero-order valence-corrected chi connectivity index (χ0v) is 16.4. The average Bonchev–Trinajstić information content (AvgIpc) is 2.60. The van der Waals surface area contributed by atoms with Crippen LogP contribution >= 0.6 is 0 Å². The number of hydrogen-bond donors (Lipinski definition) is 3. The Labute approximate surface area is 152 Å². The standard InChI is InChI=1S/C20H34N4O/c1-15(2)18-10-8-17(9-11-18)7-6-12-23-20(21-5)24-14-13-22-19(25)16(3)4/h8-11,15-16H,6-7,12-14H2,1-5H3,(H,22,25)(H2,21,23,24). The second kappa shape index (κ2) is 11.5. The molecule has 1 aromatic carbocycles. The van der Waals surface area contributed by atoms with Crippen LogP contribution in [0.5, 0.6) is 0 Å². The van der Waals surface area contributed by atoms with E-state index in [0.29, 0.717) is 19.0 Å². The summed E-state index contributed by atoms with van der Waals surface area (Å²) in [7, 11) is 1.76. The molecule has 0 heterocycles. The Hall–Kier alpha value is -2.04. The van der Waals surface area contributed by atoms with Gasteiger partial charge in [-0.15, -0.1) is 0 Å². The largest absolute Gasteiger partial charge is 0.356 e. The van der Waals surface area contributed by atoms with E-state index in [9.17, 15) is 4.79 Å². The van der Waals surface area contributed by atoms with E-state index in [-0.39, 0.29) is 11.8 Å². The first-order valence-electron chi connectivity index (χ1n) is 9.25. The van der Waals surface area contributed by atoms with Gasteiger partial charge in [0.25, 0.3) is 0 Å². The van der Waals surface area contributed by atoms with Gasteiger partial charge in [0.2, 0.25) is 5.91 Å². The van der Waals surface area contributed by atoms with E-state index in [1.165, 1.54) is 11.1 Å². The van der Waals surface area contributed by atoms with Crippen LogP contribution in [0.25, 0.3) is 0 Å². The molecule has 0 saturated carbocycles. The fourth-order valence-electron chi connectivity index (χ4n) is 2.36. The van der Waals surface area contributed by atoms with Crippen molar-refractivity contribution in [2.75, 3.05) is 26.7 Å². The molecule has 1 aromatic rings. The van der Waals surface area contributed by atoms with Crippen molar-refractivity contribution in [3.8, 4) is 0 Å². The predicted octanol–water partition coefficient (Wildman–Crippen LogP) is 2.68. The van der Waals surface area contributed by atoms with Crippen LogP contribution in [0, 0.1) is 5.92 Å². The highest BCUT2D eigenvalue weighted by molar-refractivity contribution is 5.80. The lowest BCUT2D eigenvalue weighted by Gasteiger charge is -2.13. The molecule has 0 aliphatic heterocycles. The van der Waals surface area contributed by atoms with Gasteiger partial charge in [0.05, 0.1) is 0 Å². The minimum Gasteiger partial charge on any atom is -0.356 e. The van der Waals surface area contributed by atoms with Crippen molar-refractivity contribution in [1.82, 2.24) is 16.0 Å². The Morgan fingerprint density at radius 1 is 0.960 bits per heavy atom. The molecule has 0 unspecified atom stereocenters. The fraction of sp³-hybridized carbons (Fsp3) is 0.600. The van der Waals surface area contributed by atoms with Crippen molar-refractivity contribution in [2.24, 2.45) is 10.9 Å². The summed E-state index contributed by atoms with van der Waals surface area (Å²) in [4.78, 5) is 15.7. The SMILES string of the molecule is CN=C(NCCCc1ccc(C(C)C)cc1)NCCNC(=O)C(C)C. The summed E-state index contributed by atoms with van der Waals surface area (Å²) in [5.74, 6) is 1.45. The van der Waals surface area contributed by atoms with E-state index >= 15 is 0 Å². The Kier molecular flexibility index (Phi) is 9.66. The van der Waals surface area contributed by atoms with Crippen molar-refractivity contribution < 1.29 is 4.79 Å². The lowest BCUT2D eigenvalue weighted by Crippen LogP contribution is -2.42. The molecule has 1 amide bonds. The van der Waals surface area contributed by atoms with E-state index in [1.54, 1.807) is 7.05 Å². The third-order valence-corrected chi connectivity index (χ3v) is 4.05. The van der Waals surface area contributed by atoms with Crippen molar-refractivity contribution in [3.05, 3.63) is 35.4 Å². The number of aryl methyl sites for hydroxylation is 1. The zero-order valence-electron chi connectivity index (χ0n) is 16.4. The summed E-state index contributed by atoms with van der Waals surface area (Å²) < 4.78 is 0. The lowest BCUT2D eigenvalue weighted by molar-refractivity contribution is -0.123. The number of guanidine groups is 1. The Morgan fingerprint density at radius 3 is 2.12 bits per heavy atom. The highest BCUT2D eigenvalue weighted by Crippen LogP contribution is 2.15. The molecule has 0 bridgehead atoms. The Morgan fingerprint density at radius 2 is 1.56 bits per heavy atom. The minimum atomic E-state index is 0.0204. The van der Waals surface area contributed by atoms with Crippen molar-refractivity contribution >= 4 is 11.9 Å². The van der Waals surface area contributed by atoms with Crippen LogP contribution in [-0.4, -0.2) is 38.5 Å². The molecule has 0 aliphatic rings. The zero-order chi connectivity index (χ0) is 18.7. The molecule has 3 N–H and O–H groups in total. The van der Waals surface area contributed by atoms with Gasteiger partial charge in [-0.05, 0) is 29.9 Å². The van der Waals surface area contributed by atoms with Crippen LogP contribution in [0.15, 0.2) is 29.3 Å². The smallest absolute Gasteiger partial charge is 0.222 e. The van der Waals surface area contributed by atoms with Crippen LogP contribution in [0.1, 0.15) is 51.2 Å². The van der Waals surface area contributed by atoms with E-state index in [0.717, 1.165) is 25.3 Å². The third kappa shape index (κ3) is 8.57. The number of aliphatic imine (C=N–C) groups is 1. The number of rotatable bonds is 9. The first-order valence-corrected chi connectivity index (χ1v) is 9.25. The average molecular weight is 347 g/mol. The Balaban J connectivity index is 2.19. The molecule has 0 radical (unpaired) electrons. The summed E-state index contributed by atoms with van der Waals surface area (Å²) >= 11 is 0. The minimum absolute atomic E-state index is 0.0204. The van der Waals surface area contributed by atoms with Gasteiger partial charge in [0.1, 0.15) is 0 Å². The number of carbonyl (C=O) groups excluding carboxylic acids is 1. The van der Waals surface area contributed by atoms with Crippen LogP contribution < -0.4 is 16.0 Å². The summed E-state index contributed by atoms with van der Waals surface area (Å²) in [6.45, 7) is 10.3. The summed E-state index contributed by atoms with van der Waals surface area (Å²) in [6.07, 6.45) is 2.10. The maximum atomic E-state index is 11.5. The van der Waals surface area contributed by atoms with Crippen LogP contribution in [0.2, 0.25) is 0 Å². The van der Waals surface area contributed by atoms with Gasteiger partial charge in [-0.3, -0.25) is 9.79 Å². The number of nitrogens with one attached hydrogen (secondary N) is 3. The van der Waals surface area contributed by atoms with Gasteiger partial charge < -0.3 is 16.0 Å². The number of nitrogens with zero attached hydrogens (tertiary/aromatic N) is 1. The van der Waals surface area contributed by atoms with Gasteiger partial charge >= 0.3 is 0 Å². The van der Waals surface area contributed by atoms with Crippen LogP contribution in [0.4, 0.5) is 0 Å². The molecular weight excluding hydrogens is 312 g/mol. The van der Waals surface area contributed by atoms with Gasteiger partial charge in [0.15, 0.2) is 5.96 Å². The molecule has 1 rings (SSSR count). The van der Waals surface area contributed by atoms with Gasteiger partial charge in [-0.1, -0.05) is 52.0 Å². The molecule has 5 nitrogen and oxygen atoms in total. The van der Waals surface area contributed by atoms with Gasteiger partial charge in [-0.25, -0.2) is 0 Å². The molecule has 0 atom stereocenters. The topological polar surface area (TPSA) is 65.5 Å². The monoisotopic (exact) mass is 346 g/mol. The molecule has 140 valence electrons. The first-order chi connectivity index (χ1) is 11.9.